The standard InChI is InChI=1S/C20H18N4O2S2/c1-3-26-15-7-5-4-6-14(15)18-17(25)16-19(28-18)20(22-11-21-16)24-23-10-13-9-8-12(2)27-13/h4-9,11,25H,3,10H2,1-2H3. The first kappa shape index (κ1) is 18.5. The van der Waals surface area contributed by atoms with E-state index in [0.717, 1.165) is 16.2 Å². The van der Waals surface area contributed by atoms with Crippen LogP contribution in [0.1, 0.15) is 16.7 Å². The van der Waals surface area contributed by atoms with Crippen molar-refractivity contribution in [2.75, 3.05) is 6.61 Å². The van der Waals surface area contributed by atoms with Gasteiger partial charge in [-0.05, 0) is 38.1 Å². The highest BCUT2D eigenvalue weighted by Gasteiger charge is 2.20. The predicted octanol–water partition coefficient (Wildman–Crippen LogP) is 6.12. The number of benzene rings is 1. The first-order valence-corrected chi connectivity index (χ1v) is 10.4. The minimum Gasteiger partial charge on any atom is -0.504 e. The molecule has 142 valence electrons. The van der Waals surface area contributed by atoms with Crippen LogP contribution in [-0.4, -0.2) is 21.7 Å². The number of hydrogen-bond acceptors (Lipinski definition) is 8. The second-order valence-electron chi connectivity index (χ2n) is 6.00. The van der Waals surface area contributed by atoms with Gasteiger partial charge in [-0.2, -0.15) is 5.11 Å². The number of azo groups is 1. The summed E-state index contributed by atoms with van der Waals surface area (Å²) >= 11 is 3.09. The average Bonchev–Trinajstić information content (AvgIpc) is 3.26. The Kier molecular flexibility index (Phi) is 5.31. The Balaban J connectivity index is 1.72. The molecule has 0 radical (unpaired) electrons. The number of nitrogens with zero attached hydrogens (tertiary/aromatic N) is 4. The van der Waals surface area contributed by atoms with E-state index >= 15 is 0 Å². The van der Waals surface area contributed by atoms with Crippen molar-refractivity contribution < 1.29 is 9.84 Å². The van der Waals surface area contributed by atoms with Gasteiger partial charge in [-0.1, -0.05) is 12.1 Å². The normalized spacial score (nSPS) is 11.5. The number of aromatic nitrogens is 2. The summed E-state index contributed by atoms with van der Waals surface area (Å²) in [5.41, 5.74) is 1.30. The minimum absolute atomic E-state index is 0.111. The first-order valence-electron chi connectivity index (χ1n) is 8.79. The molecular weight excluding hydrogens is 392 g/mol. The zero-order chi connectivity index (χ0) is 19.5. The summed E-state index contributed by atoms with van der Waals surface area (Å²) in [5.74, 6) is 1.29. The van der Waals surface area contributed by atoms with Gasteiger partial charge < -0.3 is 9.84 Å². The molecule has 0 unspecified atom stereocenters. The molecule has 4 rings (SSSR count). The number of aromatic hydroxyl groups is 1. The van der Waals surface area contributed by atoms with E-state index in [9.17, 15) is 5.11 Å². The molecule has 0 aliphatic carbocycles. The van der Waals surface area contributed by atoms with Crippen molar-refractivity contribution >= 4 is 38.7 Å². The molecule has 1 N–H and O–H groups in total. The van der Waals surface area contributed by atoms with Gasteiger partial charge in [0, 0.05) is 15.3 Å². The van der Waals surface area contributed by atoms with E-state index < -0.39 is 0 Å². The quantitative estimate of drug-likeness (QED) is 0.389. The van der Waals surface area contributed by atoms with Crippen molar-refractivity contribution in [3.8, 4) is 21.9 Å². The molecule has 0 aliphatic rings. The van der Waals surface area contributed by atoms with Gasteiger partial charge in [-0.25, -0.2) is 9.97 Å². The molecular formula is C20H18N4O2S2. The summed E-state index contributed by atoms with van der Waals surface area (Å²) in [6, 6.07) is 11.7. The predicted molar refractivity (Wildman–Crippen MR) is 113 cm³/mol. The van der Waals surface area contributed by atoms with Gasteiger partial charge in [0.05, 0.1) is 18.0 Å². The fraction of sp³-hybridized carbons (Fsp3) is 0.200. The summed E-state index contributed by atoms with van der Waals surface area (Å²) in [6.07, 6.45) is 1.40. The maximum atomic E-state index is 10.8. The highest BCUT2D eigenvalue weighted by Crippen LogP contribution is 2.47. The number of thiophene rings is 2. The number of rotatable bonds is 6. The SMILES string of the molecule is CCOc1ccccc1-c1sc2c(N=NCc3ccc(C)s3)ncnc2c1O. The zero-order valence-corrected chi connectivity index (χ0v) is 17.0. The Morgan fingerprint density at radius 1 is 1.11 bits per heavy atom. The Hall–Kier alpha value is -2.84. The van der Waals surface area contributed by atoms with Gasteiger partial charge in [0.2, 0.25) is 0 Å². The van der Waals surface area contributed by atoms with E-state index in [4.69, 9.17) is 4.74 Å². The van der Waals surface area contributed by atoms with Crippen LogP contribution in [0, 0.1) is 6.92 Å². The van der Waals surface area contributed by atoms with Gasteiger partial charge in [0.25, 0.3) is 0 Å². The van der Waals surface area contributed by atoms with E-state index in [-0.39, 0.29) is 5.75 Å². The highest BCUT2D eigenvalue weighted by atomic mass is 32.1. The van der Waals surface area contributed by atoms with Gasteiger partial charge in [-0.3, -0.25) is 0 Å². The molecule has 1 aromatic carbocycles. The summed E-state index contributed by atoms with van der Waals surface area (Å²) in [6.45, 7) is 5.04. The minimum atomic E-state index is 0.111. The largest absolute Gasteiger partial charge is 0.504 e. The molecule has 0 fully saturated rings. The molecule has 8 heteroatoms. The fourth-order valence-electron chi connectivity index (χ4n) is 2.82. The molecule has 3 heterocycles. The molecule has 0 saturated heterocycles. The van der Waals surface area contributed by atoms with E-state index in [1.165, 1.54) is 22.5 Å². The molecule has 0 saturated carbocycles. The van der Waals surface area contributed by atoms with E-state index in [1.54, 1.807) is 11.3 Å². The fourth-order valence-corrected chi connectivity index (χ4v) is 4.73. The Morgan fingerprint density at radius 2 is 1.96 bits per heavy atom. The molecule has 28 heavy (non-hydrogen) atoms. The Bertz CT molecular complexity index is 1150. The van der Waals surface area contributed by atoms with Gasteiger partial charge in [0.15, 0.2) is 11.6 Å². The monoisotopic (exact) mass is 410 g/mol. The third-order valence-electron chi connectivity index (χ3n) is 4.05. The van der Waals surface area contributed by atoms with Crippen LogP contribution in [0.15, 0.2) is 53.0 Å². The Labute approximate surface area is 170 Å². The summed E-state index contributed by atoms with van der Waals surface area (Å²) in [7, 11) is 0. The second-order valence-corrected chi connectivity index (χ2v) is 8.39. The molecule has 0 amide bonds. The lowest BCUT2D eigenvalue weighted by molar-refractivity contribution is 0.341. The van der Waals surface area contributed by atoms with Crippen LogP contribution < -0.4 is 4.74 Å². The van der Waals surface area contributed by atoms with E-state index in [0.29, 0.717) is 34.1 Å². The van der Waals surface area contributed by atoms with E-state index in [2.05, 4.69) is 33.2 Å². The lowest BCUT2D eigenvalue weighted by Crippen LogP contribution is -1.92. The van der Waals surface area contributed by atoms with Gasteiger partial charge in [-0.15, -0.1) is 27.8 Å². The smallest absolute Gasteiger partial charge is 0.195 e. The van der Waals surface area contributed by atoms with Crippen molar-refractivity contribution in [2.45, 2.75) is 20.4 Å². The van der Waals surface area contributed by atoms with Crippen LogP contribution in [-0.2, 0) is 6.54 Å². The van der Waals surface area contributed by atoms with Crippen LogP contribution >= 0.6 is 22.7 Å². The molecule has 6 nitrogen and oxygen atoms in total. The number of aryl methyl sites for hydroxylation is 1. The van der Waals surface area contributed by atoms with Crippen LogP contribution in [0.3, 0.4) is 0 Å². The maximum absolute atomic E-state index is 10.8. The molecule has 3 aromatic heterocycles. The van der Waals surface area contributed by atoms with Crippen molar-refractivity contribution in [3.05, 3.63) is 52.5 Å². The topological polar surface area (TPSA) is 80.0 Å². The summed E-state index contributed by atoms with van der Waals surface area (Å²) in [5, 5.41) is 19.3. The lowest BCUT2D eigenvalue weighted by Gasteiger charge is -2.08. The van der Waals surface area contributed by atoms with Crippen LogP contribution in [0.25, 0.3) is 20.7 Å². The second kappa shape index (κ2) is 8.04. The third kappa shape index (κ3) is 3.61. The zero-order valence-electron chi connectivity index (χ0n) is 15.4. The first-order chi connectivity index (χ1) is 13.7. The molecule has 0 spiro atoms. The molecule has 0 atom stereocenters. The Morgan fingerprint density at radius 3 is 2.75 bits per heavy atom. The van der Waals surface area contributed by atoms with Gasteiger partial charge in [0.1, 0.15) is 22.3 Å². The number of fused-ring (bicyclic) bond motifs is 1. The number of ether oxygens (including phenoxy) is 1. The molecule has 0 bridgehead atoms. The van der Waals surface area contributed by atoms with Crippen molar-refractivity contribution in [1.29, 1.82) is 0 Å². The number of para-hydroxylation sites is 1. The summed E-state index contributed by atoms with van der Waals surface area (Å²) in [4.78, 5) is 11.6. The van der Waals surface area contributed by atoms with Crippen LogP contribution in [0.2, 0.25) is 0 Å². The highest BCUT2D eigenvalue weighted by molar-refractivity contribution is 7.23. The van der Waals surface area contributed by atoms with Gasteiger partial charge >= 0.3 is 0 Å². The van der Waals surface area contributed by atoms with Crippen LogP contribution in [0.4, 0.5) is 5.82 Å². The molecule has 4 aromatic rings. The van der Waals surface area contributed by atoms with Crippen molar-refractivity contribution in [3.63, 3.8) is 0 Å². The number of hydrogen-bond donors (Lipinski definition) is 1. The van der Waals surface area contributed by atoms with Crippen LogP contribution in [0.5, 0.6) is 11.5 Å². The lowest BCUT2D eigenvalue weighted by atomic mass is 10.1. The van der Waals surface area contributed by atoms with Crippen molar-refractivity contribution in [1.82, 2.24) is 9.97 Å². The summed E-state index contributed by atoms with van der Waals surface area (Å²) < 4.78 is 6.41. The maximum Gasteiger partial charge on any atom is 0.195 e. The molecule has 0 aliphatic heterocycles. The van der Waals surface area contributed by atoms with E-state index in [1.807, 2.05) is 37.3 Å². The van der Waals surface area contributed by atoms with Crippen molar-refractivity contribution in [2.24, 2.45) is 10.2 Å². The third-order valence-corrected chi connectivity index (χ3v) is 6.23. The average molecular weight is 411 g/mol.